The van der Waals surface area contributed by atoms with Crippen LogP contribution in [-0.4, -0.2) is 63.3 Å². The lowest BCUT2D eigenvalue weighted by molar-refractivity contribution is -0.119. The zero-order valence-electron chi connectivity index (χ0n) is 27.7. The molecule has 248 valence electrons. The summed E-state index contributed by atoms with van der Waals surface area (Å²) < 4.78 is 11.3. The van der Waals surface area contributed by atoms with E-state index in [0.717, 1.165) is 5.56 Å². The number of nitrogens with one attached hydrogen (secondary N) is 2. The maximum atomic E-state index is 11.0. The number of phenols is 2. The van der Waals surface area contributed by atoms with Crippen LogP contribution in [0, 0.1) is 0 Å². The smallest absolute Gasteiger partial charge is 0.216 e. The maximum Gasteiger partial charge on any atom is 0.216 e. The zero-order chi connectivity index (χ0) is 34.2. The van der Waals surface area contributed by atoms with Crippen molar-refractivity contribution in [3.05, 3.63) is 64.7 Å². The van der Waals surface area contributed by atoms with Crippen LogP contribution in [0.1, 0.15) is 66.5 Å². The van der Waals surface area contributed by atoms with Crippen LogP contribution >= 0.6 is 11.6 Å². The fraction of sp³-hybridized carbons (Fsp3) is 0.412. The molecule has 4 aromatic rings. The number of aromatic hydroxyl groups is 2. The molecular formula is C34H44ClN5O6. The molecule has 11 nitrogen and oxygen atoms in total. The van der Waals surface area contributed by atoms with Gasteiger partial charge in [0.05, 0.1) is 13.1 Å². The van der Waals surface area contributed by atoms with Crippen LogP contribution in [-0.2, 0) is 20.4 Å². The molecule has 0 bridgehead atoms. The lowest BCUT2D eigenvalue weighted by Gasteiger charge is -2.23. The summed E-state index contributed by atoms with van der Waals surface area (Å²) in [7, 11) is 0. The number of hydrogen-bond acceptors (Lipinski definition) is 8. The molecule has 0 radical (unpaired) electrons. The highest BCUT2D eigenvalue weighted by atomic mass is 35.5. The molecule has 1 aromatic heterocycles. The first-order chi connectivity index (χ1) is 21.5. The molecule has 1 heterocycles. The number of hydrogen-bond donors (Lipinski definition) is 4. The van der Waals surface area contributed by atoms with Gasteiger partial charge in [0.15, 0.2) is 0 Å². The Morgan fingerprint density at radius 2 is 1.30 bits per heavy atom. The molecule has 0 aliphatic carbocycles. The summed E-state index contributed by atoms with van der Waals surface area (Å²) in [6, 6.07) is 13.9. The van der Waals surface area contributed by atoms with E-state index in [0.29, 0.717) is 65.1 Å². The second-order valence-corrected chi connectivity index (χ2v) is 13.2. The third-order valence-electron chi connectivity index (χ3n) is 6.69. The van der Waals surface area contributed by atoms with Crippen LogP contribution in [0.3, 0.4) is 0 Å². The Hall–Kier alpha value is -4.51. The van der Waals surface area contributed by atoms with E-state index in [9.17, 15) is 19.8 Å². The van der Waals surface area contributed by atoms with Gasteiger partial charge in [0.2, 0.25) is 11.8 Å². The molecule has 0 unspecified atom stereocenters. The predicted molar refractivity (Wildman–Crippen MR) is 179 cm³/mol. The number of ether oxygens (including phenoxy) is 2. The standard InChI is InChI=1S/C20H23ClN4O3.C14H21NO3/c1-12(26)22-7-8-28-14-10-15(20(2,3)4)19(27)18(11-14)25-23-16-6-5-13(21)9-17(16)24-25;1-10(16)15-7-8-18-11-5-6-13(17)12(9-11)14(2,3)4/h5-6,9-11,27H,7-8H2,1-4H3,(H,22,26);5-6,9,17H,7-8H2,1-4H3,(H,15,16). The van der Waals surface area contributed by atoms with Crippen molar-refractivity contribution in [3.8, 4) is 28.7 Å². The van der Waals surface area contributed by atoms with E-state index in [-0.39, 0.29) is 34.1 Å². The van der Waals surface area contributed by atoms with Gasteiger partial charge in [-0.3, -0.25) is 9.59 Å². The van der Waals surface area contributed by atoms with Gasteiger partial charge in [0.1, 0.15) is 52.9 Å². The monoisotopic (exact) mass is 653 g/mol. The van der Waals surface area contributed by atoms with Gasteiger partial charge in [-0.15, -0.1) is 15.0 Å². The second-order valence-electron chi connectivity index (χ2n) is 12.8. The highest BCUT2D eigenvalue weighted by Gasteiger charge is 2.24. The molecule has 2 amide bonds. The Bertz CT molecular complexity index is 1670. The molecule has 0 saturated carbocycles. The van der Waals surface area contributed by atoms with Gasteiger partial charge in [-0.1, -0.05) is 53.1 Å². The number of halogens is 1. The van der Waals surface area contributed by atoms with Crippen molar-refractivity contribution >= 4 is 34.4 Å². The molecular weight excluding hydrogens is 610 g/mol. The lowest BCUT2D eigenvalue weighted by Crippen LogP contribution is -2.25. The molecule has 4 N–H and O–H groups in total. The van der Waals surface area contributed by atoms with Crippen molar-refractivity contribution in [3.63, 3.8) is 0 Å². The molecule has 0 saturated heterocycles. The number of carbonyl (C=O) groups excluding carboxylic acids is 2. The van der Waals surface area contributed by atoms with Crippen molar-refractivity contribution in [2.45, 2.75) is 66.2 Å². The van der Waals surface area contributed by atoms with Crippen molar-refractivity contribution in [1.82, 2.24) is 25.6 Å². The zero-order valence-corrected chi connectivity index (χ0v) is 28.5. The van der Waals surface area contributed by atoms with Gasteiger partial charge in [-0.05, 0) is 53.3 Å². The predicted octanol–water partition coefficient (Wildman–Crippen LogP) is 5.80. The fourth-order valence-electron chi connectivity index (χ4n) is 4.39. The van der Waals surface area contributed by atoms with Gasteiger partial charge >= 0.3 is 0 Å². The Kier molecular flexibility index (Phi) is 11.9. The summed E-state index contributed by atoms with van der Waals surface area (Å²) in [5, 5.41) is 35.5. The summed E-state index contributed by atoms with van der Waals surface area (Å²) >= 11 is 6.03. The quantitative estimate of drug-likeness (QED) is 0.166. The molecule has 12 heteroatoms. The summed E-state index contributed by atoms with van der Waals surface area (Å²) in [6.07, 6.45) is 0. The van der Waals surface area contributed by atoms with Crippen LogP contribution < -0.4 is 20.1 Å². The fourth-order valence-corrected chi connectivity index (χ4v) is 4.56. The van der Waals surface area contributed by atoms with Gasteiger partial charge < -0.3 is 30.3 Å². The van der Waals surface area contributed by atoms with Crippen molar-refractivity contribution in [2.24, 2.45) is 0 Å². The lowest BCUT2D eigenvalue weighted by atomic mass is 9.86. The van der Waals surface area contributed by atoms with Gasteiger partial charge in [-0.25, -0.2) is 0 Å². The van der Waals surface area contributed by atoms with Crippen LogP contribution in [0.2, 0.25) is 5.02 Å². The minimum absolute atomic E-state index is 0.0697. The van der Waals surface area contributed by atoms with Crippen LogP contribution in [0.25, 0.3) is 16.7 Å². The van der Waals surface area contributed by atoms with E-state index in [4.69, 9.17) is 21.1 Å². The third kappa shape index (κ3) is 10.3. The van der Waals surface area contributed by atoms with Crippen LogP contribution in [0.4, 0.5) is 0 Å². The first kappa shape index (κ1) is 36.0. The Balaban J connectivity index is 0.000000277. The van der Waals surface area contributed by atoms with Crippen LogP contribution in [0.5, 0.6) is 23.0 Å². The average molecular weight is 654 g/mol. The summed E-state index contributed by atoms with van der Waals surface area (Å²) in [5.41, 5.74) is 2.79. The molecule has 0 aliphatic heterocycles. The molecule has 4 rings (SSSR count). The molecule has 0 aliphatic rings. The number of carbonyl (C=O) groups is 2. The molecule has 3 aromatic carbocycles. The Labute approximate surface area is 274 Å². The number of fused-ring (bicyclic) bond motifs is 1. The highest BCUT2D eigenvalue weighted by Crippen LogP contribution is 2.38. The highest BCUT2D eigenvalue weighted by molar-refractivity contribution is 6.31. The average Bonchev–Trinajstić information content (AvgIpc) is 3.37. The number of aromatic nitrogens is 3. The van der Waals surface area contributed by atoms with Crippen molar-refractivity contribution in [2.75, 3.05) is 26.3 Å². The van der Waals surface area contributed by atoms with E-state index in [1.54, 1.807) is 42.5 Å². The first-order valence-corrected chi connectivity index (χ1v) is 15.3. The normalized spacial score (nSPS) is 11.4. The minimum Gasteiger partial charge on any atom is -0.508 e. The summed E-state index contributed by atoms with van der Waals surface area (Å²) in [5.74, 6) is 1.44. The minimum atomic E-state index is -0.328. The molecule has 0 spiro atoms. The first-order valence-electron chi connectivity index (χ1n) is 14.9. The van der Waals surface area contributed by atoms with Gasteiger partial charge in [0, 0.05) is 36.1 Å². The largest absolute Gasteiger partial charge is 0.508 e. The number of phenolic OH excluding ortho intramolecular Hbond substituents is 2. The van der Waals surface area contributed by atoms with E-state index < -0.39 is 0 Å². The third-order valence-corrected chi connectivity index (χ3v) is 6.93. The summed E-state index contributed by atoms with van der Waals surface area (Å²) in [4.78, 5) is 23.1. The van der Waals surface area contributed by atoms with E-state index >= 15 is 0 Å². The van der Waals surface area contributed by atoms with E-state index in [1.807, 2.05) is 47.6 Å². The molecule has 46 heavy (non-hydrogen) atoms. The number of amides is 2. The number of benzene rings is 3. The van der Waals surface area contributed by atoms with Crippen molar-refractivity contribution in [1.29, 1.82) is 0 Å². The number of rotatable bonds is 9. The SMILES string of the molecule is CC(=O)NCCOc1cc(-n2nc3ccc(Cl)cc3n2)c(O)c(C(C)(C)C)c1.CC(=O)NCCOc1ccc(O)c(C(C)(C)C)c1. The van der Waals surface area contributed by atoms with Gasteiger partial charge in [-0.2, -0.15) is 0 Å². The van der Waals surface area contributed by atoms with Crippen LogP contribution in [0.15, 0.2) is 48.5 Å². The topological polar surface area (TPSA) is 148 Å². The summed E-state index contributed by atoms with van der Waals surface area (Å²) in [6.45, 7) is 16.6. The number of nitrogens with zero attached hydrogens (tertiary/aromatic N) is 3. The Morgan fingerprint density at radius 1 is 0.761 bits per heavy atom. The maximum absolute atomic E-state index is 11.0. The second kappa shape index (κ2) is 15.2. The van der Waals surface area contributed by atoms with Gasteiger partial charge in [0.25, 0.3) is 0 Å². The molecule has 0 atom stereocenters. The Morgan fingerprint density at radius 3 is 1.87 bits per heavy atom. The van der Waals surface area contributed by atoms with E-state index in [1.165, 1.54) is 18.6 Å². The van der Waals surface area contributed by atoms with Crippen molar-refractivity contribution < 1.29 is 29.3 Å². The molecule has 0 fully saturated rings. The van der Waals surface area contributed by atoms with E-state index in [2.05, 4.69) is 20.8 Å².